The van der Waals surface area contributed by atoms with E-state index < -0.39 is 0 Å². The number of hydrogen-bond donors (Lipinski definition) is 0. The van der Waals surface area contributed by atoms with Crippen LogP contribution in [0.1, 0.15) is 24.0 Å². The molecule has 1 aromatic rings. The summed E-state index contributed by atoms with van der Waals surface area (Å²) in [5.74, 6) is 0.140. The van der Waals surface area contributed by atoms with Crippen molar-refractivity contribution in [2.45, 2.75) is 12.8 Å². The summed E-state index contributed by atoms with van der Waals surface area (Å²) in [7, 11) is 0. The molecule has 0 heterocycles. The second-order valence-electron chi connectivity index (χ2n) is 3.32. The van der Waals surface area contributed by atoms with E-state index in [4.69, 9.17) is 0 Å². The van der Waals surface area contributed by atoms with Crippen LogP contribution in [-0.4, -0.2) is 0 Å². The summed E-state index contributed by atoms with van der Waals surface area (Å²) in [6.07, 6.45) is 4.78. The third-order valence-corrected chi connectivity index (χ3v) is 2.46. The van der Waals surface area contributed by atoms with Crippen LogP contribution in [0.3, 0.4) is 0 Å². The Morgan fingerprint density at radius 1 is 1.38 bits per heavy atom. The molecule has 2 rings (SSSR count). The van der Waals surface area contributed by atoms with Crippen LogP contribution in [0.25, 0.3) is 6.08 Å². The van der Waals surface area contributed by atoms with Gasteiger partial charge in [0.15, 0.2) is 0 Å². The average molecular weight is 174 g/mol. The third-order valence-electron chi connectivity index (χ3n) is 2.46. The fourth-order valence-electron chi connectivity index (χ4n) is 1.71. The fraction of sp³-hybridized carbons (Fsp3) is 0.167. The van der Waals surface area contributed by atoms with Crippen LogP contribution in [0.5, 0.6) is 0 Å². The zero-order chi connectivity index (χ0) is 9.26. The van der Waals surface area contributed by atoms with Crippen LogP contribution in [0, 0.1) is 0 Å². The predicted molar refractivity (Wildman–Crippen MR) is 53.1 cm³/mol. The van der Waals surface area contributed by atoms with Crippen molar-refractivity contribution in [1.29, 1.82) is 0 Å². The smallest absolute Gasteiger partial charge is 0.0865 e. The lowest BCUT2D eigenvalue weighted by Gasteiger charge is -2.09. The van der Waals surface area contributed by atoms with Gasteiger partial charge in [-0.05, 0) is 23.6 Å². The van der Waals surface area contributed by atoms with Crippen molar-refractivity contribution in [2.75, 3.05) is 0 Å². The van der Waals surface area contributed by atoms with Crippen LogP contribution in [0.15, 0.2) is 42.2 Å². The molecule has 1 aliphatic carbocycles. The predicted octanol–water partition coefficient (Wildman–Crippen LogP) is 3.67. The van der Waals surface area contributed by atoms with Gasteiger partial charge in [-0.2, -0.15) is 0 Å². The van der Waals surface area contributed by atoms with Crippen molar-refractivity contribution in [1.82, 2.24) is 0 Å². The highest BCUT2D eigenvalue weighted by Crippen LogP contribution is 2.34. The Labute approximate surface area is 77.4 Å². The fourth-order valence-corrected chi connectivity index (χ4v) is 1.71. The maximum atomic E-state index is 12.3. The first-order valence-electron chi connectivity index (χ1n) is 4.37. The number of benzene rings is 1. The summed E-state index contributed by atoms with van der Waals surface area (Å²) >= 11 is 0. The van der Waals surface area contributed by atoms with E-state index in [-0.39, 0.29) is 5.92 Å². The van der Waals surface area contributed by atoms with E-state index in [9.17, 15) is 4.39 Å². The van der Waals surface area contributed by atoms with Crippen LogP contribution in [-0.2, 0) is 0 Å². The third kappa shape index (κ3) is 1.31. The first kappa shape index (κ1) is 8.24. The lowest BCUT2D eigenvalue weighted by Crippen LogP contribution is -1.93. The van der Waals surface area contributed by atoms with E-state index >= 15 is 0 Å². The summed E-state index contributed by atoms with van der Waals surface area (Å²) < 4.78 is 12.3. The minimum atomic E-state index is 0.140. The highest BCUT2D eigenvalue weighted by Gasteiger charge is 2.17. The Morgan fingerprint density at radius 3 is 2.92 bits per heavy atom. The van der Waals surface area contributed by atoms with E-state index in [1.807, 2.05) is 37.3 Å². The monoisotopic (exact) mass is 174 g/mol. The topological polar surface area (TPSA) is 0 Å². The molecular formula is C12H11F. The van der Waals surface area contributed by atoms with Gasteiger partial charge in [0.05, 0.1) is 6.33 Å². The molecule has 66 valence electrons. The van der Waals surface area contributed by atoms with Gasteiger partial charge in [-0.1, -0.05) is 36.4 Å². The zero-order valence-electron chi connectivity index (χ0n) is 7.50. The highest BCUT2D eigenvalue weighted by molar-refractivity contribution is 5.64. The number of hydrogen-bond acceptors (Lipinski definition) is 0. The SMILES string of the molecule is C/C(=C/F)C1C=Cc2ccccc21. The molecular weight excluding hydrogens is 163 g/mol. The van der Waals surface area contributed by atoms with Gasteiger partial charge >= 0.3 is 0 Å². The molecule has 0 spiro atoms. The first-order chi connectivity index (χ1) is 6.33. The number of fused-ring (bicyclic) bond motifs is 1. The average Bonchev–Trinajstić information content (AvgIpc) is 2.60. The molecule has 13 heavy (non-hydrogen) atoms. The van der Waals surface area contributed by atoms with E-state index in [0.717, 1.165) is 5.57 Å². The van der Waals surface area contributed by atoms with Crippen molar-refractivity contribution in [3.05, 3.63) is 53.4 Å². The molecule has 0 aromatic heterocycles. The molecule has 0 radical (unpaired) electrons. The quantitative estimate of drug-likeness (QED) is 0.609. The number of allylic oxidation sites excluding steroid dienone is 2. The van der Waals surface area contributed by atoms with Crippen LogP contribution in [0.4, 0.5) is 4.39 Å². The van der Waals surface area contributed by atoms with Crippen molar-refractivity contribution in [3.63, 3.8) is 0 Å². The zero-order valence-corrected chi connectivity index (χ0v) is 7.50. The molecule has 1 heteroatoms. The van der Waals surface area contributed by atoms with Crippen LogP contribution >= 0.6 is 0 Å². The van der Waals surface area contributed by atoms with Crippen molar-refractivity contribution in [2.24, 2.45) is 0 Å². The van der Waals surface area contributed by atoms with Crippen molar-refractivity contribution < 1.29 is 4.39 Å². The molecule has 0 aliphatic heterocycles. The van der Waals surface area contributed by atoms with Gasteiger partial charge in [-0.25, -0.2) is 4.39 Å². The Kier molecular flexibility index (Phi) is 2.01. The van der Waals surface area contributed by atoms with E-state index in [1.54, 1.807) is 0 Å². The van der Waals surface area contributed by atoms with Gasteiger partial charge in [0.1, 0.15) is 0 Å². The second-order valence-corrected chi connectivity index (χ2v) is 3.32. The van der Waals surface area contributed by atoms with Gasteiger partial charge in [-0.15, -0.1) is 0 Å². The molecule has 1 aromatic carbocycles. The second kappa shape index (κ2) is 3.17. The van der Waals surface area contributed by atoms with Crippen LogP contribution in [0.2, 0.25) is 0 Å². The Hall–Kier alpha value is -1.37. The maximum absolute atomic E-state index is 12.3. The summed E-state index contributed by atoms with van der Waals surface area (Å²) in [5.41, 5.74) is 3.17. The minimum Gasteiger partial charge on any atom is -0.216 e. The molecule has 1 unspecified atom stereocenters. The first-order valence-corrected chi connectivity index (χ1v) is 4.37. The summed E-state index contributed by atoms with van der Waals surface area (Å²) in [5, 5.41) is 0. The van der Waals surface area contributed by atoms with Gasteiger partial charge in [0, 0.05) is 5.92 Å². The molecule has 1 atom stereocenters. The minimum absolute atomic E-state index is 0.140. The van der Waals surface area contributed by atoms with Crippen molar-refractivity contribution in [3.8, 4) is 0 Å². The number of halogens is 1. The molecule has 0 fully saturated rings. The maximum Gasteiger partial charge on any atom is 0.0865 e. The summed E-state index contributed by atoms with van der Waals surface area (Å²) in [6, 6.07) is 8.09. The van der Waals surface area contributed by atoms with E-state index in [1.165, 1.54) is 11.1 Å². The lowest BCUT2D eigenvalue weighted by atomic mass is 9.95. The molecule has 0 N–H and O–H groups in total. The van der Waals surface area contributed by atoms with E-state index in [2.05, 4.69) is 6.07 Å². The van der Waals surface area contributed by atoms with Crippen molar-refractivity contribution >= 4 is 6.08 Å². The molecule has 0 amide bonds. The Balaban J connectivity index is 2.44. The summed E-state index contributed by atoms with van der Waals surface area (Å²) in [6.45, 7) is 1.82. The molecule has 1 aliphatic rings. The van der Waals surface area contributed by atoms with Gasteiger partial charge < -0.3 is 0 Å². The summed E-state index contributed by atoms with van der Waals surface area (Å²) in [4.78, 5) is 0. The molecule has 0 bridgehead atoms. The standard InChI is InChI=1S/C12H11F/c1-9(8-13)11-7-6-10-4-2-3-5-12(10)11/h2-8,11H,1H3/b9-8-. The molecule has 0 nitrogen and oxygen atoms in total. The Bertz CT molecular complexity index is 374. The van der Waals surface area contributed by atoms with E-state index in [0.29, 0.717) is 6.33 Å². The van der Waals surface area contributed by atoms with Gasteiger partial charge in [0.25, 0.3) is 0 Å². The largest absolute Gasteiger partial charge is 0.216 e. The molecule has 0 saturated heterocycles. The lowest BCUT2D eigenvalue weighted by molar-refractivity contribution is 0.698. The molecule has 0 saturated carbocycles. The normalized spacial score (nSPS) is 20.5. The Morgan fingerprint density at radius 2 is 2.15 bits per heavy atom. The van der Waals surface area contributed by atoms with Gasteiger partial charge in [-0.3, -0.25) is 0 Å². The number of rotatable bonds is 1. The van der Waals surface area contributed by atoms with Gasteiger partial charge in [0.2, 0.25) is 0 Å². The van der Waals surface area contributed by atoms with Crippen LogP contribution < -0.4 is 0 Å². The highest BCUT2D eigenvalue weighted by atomic mass is 19.1.